The molecule has 0 aromatic rings. The normalized spacial score (nSPS) is 38.7. The van der Waals surface area contributed by atoms with Crippen LogP contribution in [0.15, 0.2) is 0 Å². The lowest BCUT2D eigenvalue weighted by Crippen LogP contribution is -2.19. The maximum Gasteiger partial charge on any atom is 0.0229 e. The summed E-state index contributed by atoms with van der Waals surface area (Å²) in [6.45, 7) is 0. The summed E-state index contributed by atoms with van der Waals surface area (Å²) in [4.78, 5) is 0. The maximum atomic E-state index is 2.24. The van der Waals surface area contributed by atoms with Crippen LogP contribution in [-0.2, 0) is 0 Å². The van der Waals surface area contributed by atoms with Gasteiger partial charge < -0.3 is 0 Å². The molecule has 0 N–H and O–H groups in total. The standard InChI is InChI=1S/C14H24S4/c1-2-11(5-15-7-13-9-17-13)4-12(3-1)6-16-8-14-10-18-14/h11-14H,1-10H2. The molecule has 104 valence electrons. The van der Waals surface area contributed by atoms with Crippen LogP contribution in [0.25, 0.3) is 0 Å². The molecule has 2 aliphatic heterocycles. The lowest BCUT2D eigenvalue weighted by Gasteiger charge is -2.28. The molecule has 4 atom stereocenters. The molecule has 0 radical (unpaired) electrons. The molecule has 18 heavy (non-hydrogen) atoms. The van der Waals surface area contributed by atoms with E-state index in [0.717, 1.165) is 22.3 Å². The van der Waals surface area contributed by atoms with E-state index < -0.39 is 0 Å². The number of rotatable bonds is 8. The molecule has 0 aromatic heterocycles. The molecule has 3 aliphatic rings. The average molecular weight is 321 g/mol. The zero-order valence-corrected chi connectivity index (χ0v) is 14.3. The van der Waals surface area contributed by atoms with Crippen LogP contribution < -0.4 is 0 Å². The van der Waals surface area contributed by atoms with Gasteiger partial charge in [-0.3, -0.25) is 0 Å². The van der Waals surface area contributed by atoms with Gasteiger partial charge in [0.15, 0.2) is 0 Å². The van der Waals surface area contributed by atoms with E-state index in [4.69, 9.17) is 0 Å². The first kappa shape index (κ1) is 14.3. The summed E-state index contributed by atoms with van der Waals surface area (Å²) in [5, 5.41) is 2.06. The van der Waals surface area contributed by atoms with Crippen molar-refractivity contribution >= 4 is 47.0 Å². The van der Waals surface area contributed by atoms with Crippen LogP contribution in [-0.4, -0.2) is 45.0 Å². The molecule has 0 amide bonds. The molecule has 0 spiro atoms. The molecule has 0 aromatic carbocycles. The van der Waals surface area contributed by atoms with Gasteiger partial charge >= 0.3 is 0 Å². The molecule has 3 fully saturated rings. The zero-order chi connectivity index (χ0) is 12.2. The Balaban J connectivity index is 1.26. The van der Waals surface area contributed by atoms with Crippen LogP contribution >= 0.6 is 47.0 Å². The van der Waals surface area contributed by atoms with Crippen molar-refractivity contribution in [1.29, 1.82) is 0 Å². The van der Waals surface area contributed by atoms with Crippen LogP contribution in [0.4, 0.5) is 0 Å². The fraction of sp³-hybridized carbons (Fsp3) is 1.00. The summed E-state index contributed by atoms with van der Waals surface area (Å²) in [5.74, 6) is 10.8. The van der Waals surface area contributed by atoms with E-state index >= 15 is 0 Å². The Morgan fingerprint density at radius 1 is 0.778 bits per heavy atom. The predicted molar refractivity (Wildman–Crippen MR) is 92.6 cm³/mol. The summed E-state index contributed by atoms with van der Waals surface area (Å²) in [6.07, 6.45) is 6.08. The summed E-state index contributed by atoms with van der Waals surface area (Å²) < 4.78 is 0. The Morgan fingerprint density at radius 3 is 1.72 bits per heavy atom. The van der Waals surface area contributed by atoms with Gasteiger partial charge in [-0.05, 0) is 42.6 Å². The quantitative estimate of drug-likeness (QED) is 0.604. The molecule has 1 aliphatic carbocycles. The van der Waals surface area contributed by atoms with Crippen molar-refractivity contribution < 1.29 is 0 Å². The molecule has 0 bridgehead atoms. The average Bonchev–Trinajstić information content (AvgIpc) is 3.25. The van der Waals surface area contributed by atoms with Crippen molar-refractivity contribution in [3.05, 3.63) is 0 Å². The van der Waals surface area contributed by atoms with Crippen LogP contribution in [0.2, 0.25) is 0 Å². The topological polar surface area (TPSA) is 0 Å². The summed E-state index contributed by atoms with van der Waals surface area (Å²) in [7, 11) is 0. The number of hydrogen-bond acceptors (Lipinski definition) is 4. The van der Waals surface area contributed by atoms with E-state index in [-0.39, 0.29) is 0 Å². The summed E-state index contributed by atoms with van der Waals surface area (Å²) in [6, 6.07) is 0. The fourth-order valence-electron chi connectivity index (χ4n) is 2.77. The highest BCUT2D eigenvalue weighted by molar-refractivity contribution is 8.09. The van der Waals surface area contributed by atoms with Crippen molar-refractivity contribution in [2.45, 2.75) is 36.2 Å². The Labute approximate surface area is 129 Å². The van der Waals surface area contributed by atoms with Gasteiger partial charge in [0.1, 0.15) is 0 Å². The second-order valence-electron chi connectivity index (χ2n) is 5.88. The number of thioether (sulfide) groups is 4. The number of hydrogen-bond donors (Lipinski definition) is 0. The van der Waals surface area contributed by atoms with E-state index in [1.165, 1.54) is 60.2 Å². The van der Waals surface area contributed by atoms with E-state index in [2.05, 4.69) is 47.0 Å². The van der Waals surface area contributed by atoms with Gasteiger partial charge in [-0.1, -0.05) is 6.42 Å². The first-order valence-corrected chi connectivity index (χ1v) is 11.7. The first-order valence-electron chi connectivity index (χ1n) is 7.29. The van der Waals surface area contributed by atoms with E-state index in [1.54, 1.807) is 0 Å². The molecule has 4 unspecified atom stereocenters. The zero-order valence-electron chi connectivity index (χ0n) is 11.0. The molecule has 0 nitrogen and oxygen atoms in total. The van der Waals surface area contributed by atoms with Crippen LogP contribution in [0.3, 0.4) is 0 Å². The van der Waals surface area contributed by atoms with Gasteiger partial charge in [-0.2, -0.15) is 47.0 Å². The van der Waals surface area contributed by atoms with Crippen molar-refractivity contribution in [3.8, 4) is 0 Å². The Kier molecular flexibility index (Phi) is 5.91. The van der Waals surface area contributed by atoms with Crippen molar-refractivity contribution in [2.75, 3.05) is 34.5 Å². The smallest absolute Gasteiger partial charge is 0.0229 e. The fourth-order valence-corrected chi connectivity index (χ4v) is 7.23. The van der Waals surface area contributed by atoms with E-state index in [1.807, 2.05) is 0 Å². The largest absolute Gasteiger partial charge is 0.161 e. The van der Waals surface area contributed by atoms with Crippen molar-refractivity contribution in [3.63, 3.8) is 0 Å². The highest BCUT2D eigenvalue weighted by Crippen LogP contribution is 2.38. The lowest BCUT2D eigenvalue weighted by molar-refractivity contribution is 0.309. The molecule has 2 saturated heterocycles. The van der Waals surface area contributed by atoms with Gasteiger partial charge in [0, 0.05) is 33.5 Å². The van der Waals surface area contributed by atoms with Gasteiger partial charge in [0.05, 0.1) is 0 Å². The second kappa shape index (κ2) is 7.42. The molecule has 1 saturated carbocycles. The predicted octanol–water partition coefficient (Wildman–Crippen LogP) is 4.49. The molecular formula is C14H24S4. The highest BCUT2D eigenvalue weighted by atomic mass is 32.2. The van der Waals surface area contributed by atoms with Crippen molar-refractivity contribution in [1.82, 2.24) is 0 Å². The minimum Gasteiger partial charge on any atom is -0.161 e. The minimum atomic E-state index is 1.03. The summed E-state index contributed by atoms with van der Waals surface area (Å²) >= 11 is 8.78. The second-order valence-corrected chi connectivity index (χ2v) is 10.7. The minimum absolute atomic E-state index is 1.03. The van der Waals surface area contributed by atoms with Crippen LogP contribution in [0, 0.1) is 11.8 Å². The highest BCUT2D eigenvalue weighted by Gasteiger charge is 2.26. The Bertz CT molecular complexity index is 226. The molecule has 3 rings (SSSR count). The van der Waals surface area contributed by atoms with Gasteiger partial charge in [0.2, 0.25) is 0 Å². The van der Waals surface area contributed by atoms with Crippen LogP contribution in [0.5, 0.6) is 0 Å². The third-order valence-corrected chi connectivity index (χ3v) is 9.07. The molecule has 4 heteroatoms. The van der Waals surface area contributed by atoms with E-state index in [9.17, 15) is 0 Å². The SMILES string of the molecule is C1CC(CSCC2CS2)CC(CSCC2CS2)C1. The lowest BCUT2D eigenvalue weighted by atomic mass is 9.83. The third-order valence-electron chi connectivity index (χ3n) is 4.01. The third kappa shape index (κ3) is 5.41. The Morgan fingerprint density at radius 2 is 1.28 bits per heavy atom. The molecule has 2 heterocycles. The van der Waals surface area contributed by atoms with Crippen LogP contribution in [0.1, 0.15) is 25.7 Å². The summed E-state index contributed by atoms with van der Waals surface area (Å²) in [5.41, 5.74) is 0. The Hall–Kier alpha value is 1.40. The van der Waals surface area contributed by atoms with Crippen molar-refractivity contribution in [2.24, 2.45) is 11.8 Å². The monoisotopic (exact) mass is 320 g/mol. The first-order chi connectivity index (χ1) is 8.90. The molecular weight excluding hydrogens is 296 g/mol. The van der Waals surface area contributed by atoms with Gasteiger partial charge in [-0.15, -0.1) is 0 Å². The maximum absolute atomic E-state index is 2.24. The van der Waals surface area contributed by atoms with E-state index in [0.29, 0.717) is 0 Å². The van der Waals surface area contributed by atoms with Gasteiger partial charge in [0.25, 0.3) is 0 Å². The van der Waals surface area contributed by atoms with Gasteiger partial charge in [-0.25, -0.2) is 0 Å².